The molecule has 0 radical (unpaired) electrons. The first-order valence-corrected chi connectivity index (χ1v) is 8.96. The zero-order valence-corrected chi connectivity index (χ0v) is 12.3. The first kappa shape index (κ1) is 14.8. The minimum absolute atomic E-state index is 0.00979. The van der Waals surface area contributed by atoms with Gasteiger partial charge in [0.15, 0.2) is 9.84 Å². The molecule has 1 aliphatic carbocycles. The maximum atomic E-state index is 12.2. The van der Waals surface area contributed by atoms with Crippen molar-refractivity contribution in [3.05, 3.63) is 0 Å². The Bertz CT molecular complexity index is 435. The molecule has 4 unspecified atom stereocenters. The Hall–Kier alpha value is -0.620. The number of hydrogen-bond acceptors (Lipinski definition) is 4. The van der Waals surface area contributed by atoms with Gasteiger partial charge in [0.1, 0.15) is 0 Å². The van der Waals surface area contributed by atoms with Crippen LogP contribution in [0.5, 0.6) is 0 Å². The molecule has 5 nitrogen and oxygen atoms in total. The normalized spacial score (nSPS) is 38.6. The van der Waals surface area contributed by atoms with E-state index in [2.05, 4.69) is 12.2 Å². The van der Waals surface area contributed by atoms with Gasteiger partial charge in [-0.05, 0) is 38.0 Å². The molecular weight excluding hydrogens is 264 g/mol. The Kier molecular flexibility index (Phi) is 4.50. The van der Waals surface area contributed by atoms with E-state index in [9.17, 15) is 13.2 Å². The second-order valence-electron chi connectivity index (χ2n) is 6.12. The van der Waals surface area contributed by atoms with Gasteiger partial charge in [-0.1, -0.05) is 6.92 Å². The van der Waals surface area contributed by atoms with Crippen LogP contribution in [0.2, 0.25) is 0 Å². The van der Waals surface area contributed by atoms with E-state index in [4.69, 9.17) is 5.73 Å². The van der Waals surface area contributed by atoms with Crippen LogP contribution in [-0.4, -0.2) is 37.9 Å². The summed E-state index contributed by atoms with van der Waals surface area (Å²) >= 11 is 0. The predicted octanol–water partition coefficient (Wildman–Crippen LogP) is 0.443. The number of rotatable bonds is 2. The van der Waals surface area contributed by atoms with E-state index in [0.717, 1.165) is 25.7 Å². The maximum absolute atomic E-state index is 12.2. The van der Waals surface area contributed by atoms with Gasteiger partial charge in [0, 0.05) is 18.0 Å². The summed E-state index contributed by atoms with van der Waals surface area (Å²) in [6.45, 7) is 2.06. The molecule has 1 saturated carbocycles. The third-order valence-corrected chi connectivity index (χ3v) is 6.18. The second-order valence-corrected chi connectivity index (χ2v) is 8.35. The molecule has 6 heteroatoms. The van der Waals surface area contributed by atoms with Gasteiger partial charge in [0.2, 0.25) is 5.91 Å². The molecule has 19 heavy (non-hydrogen) atoms. The standard InChI is InChI=1S/C13H24N2O3S/c1-9-7-10(14)4-5-12(9)13(16)15-11-3-2-6-19(17,18)8-11/h9-12H,2-8,14H2,1H3,(H,15,16). The average molecular weight is 288 g/mol. The molecule has 0 bridgehead atoms. The van der Waals surface area contributed by atoms with Crippen LogP contribution in [0.25, 0.3) is 0 Å². The molecule has 1 amide bonds. The molecule has 0 aromatic heterocycles. The molecular formula is C13H24N2O3S. The van der Waals surface area contributed by atoms with Crippen LogP contribution in [-0.2, 0) is 14.6 Å². The van der Waals surface area contributed by atoms with Crippen molar-refractivity contribution in [2.24, 2.45) is 17.6 Å². The Morgan fingerprint density at radius 2 is 2.00 bits per heavy atom. The third-order valence-electron chi connectivity index (χ3n) is 4.36. The Labute approximate surface area is 115 Å². The topological polar surface area (TPSA) is 89.3 Å². The highest BCUT2D eigenvalue weighted by Gasteiger charge is 2.33. The fourth-order valence-corrected chi connectivity index (χ4v) is 4.91. The van der Waals surface area contributed by atoms with E-state index in [1.165, 1.54) is 0 Å². The van der Waals surface area contributed by atoms with Crippen LogP contribution in [0.3, 0.4) is 0 Å². The quantitative estimate of drug-likeness (QED) is 0.772. The van der Waals surface area contributed by atoms with Gasteiger partial charge in [0.25, 0.3) is 0 Å². The van der Waals surface area contributed by atoms with Gasteiger partial charge in [-0.25, -0.2) is 8.42 Å². The van der Waals surface area contributed by atoms with Gasteiger partial charge in [-0.3, -0.25) is 4.79 Å². The monoisotopic (exact) mass is 288 g/mol. The summed E-state index contributed by atoms with van der Waals surface area (Å²) in [4.78, 5) is 12.2. The lowest BCUT2D eigenvalue weighted by Crippen LogP contribution is -2.48. The van der Waals surface area contributed by atoms with E-state index in [1.54, 1.807) is 0 Å². The molecule has 3 N–H and O–H groups in total. The molecule has 2 fully saturated rings. The number of hydrogen-bond donors (Lipinski definition) is 2. The molecule has 1 heterocycles. The maximum Gasteiger partial charge on any atom is 0.223 e. The van der Waals surface area contributed by atoms with E-state index in [0.29, 0.717) is 6.42 Å². The van der Waals surface area contributed by atoms with Gasteiger partial charge >= 0.3 is 0 Å². The highest BCUT2D eigenvalue weighted by molar-refractivity contribution is 7.91. The molecule has 2 aliphatic rings. The van der Waals surface area contributed by atoms with E-state index >= 15 is 0 Å². The molecule has 1 saturated heterocycles. The summed E-state index contributed by atoms with van der Waals surface area (Å²) < 4.78 is 23.1. The Morgan fingerprint density at radius 1 is 1.26 bits per heavy atom. The lowest BCUT2D eigenvalue weighted by Gasteiger charge is -2.33. The van der Waals surface area contributed by atoms with Crippen molar-refractivity contribution >= 4 is 15.7 Å². The van der Waals surface area contributed by atoms with E-state index in [-0.39, 0.29) is 41.3 Å². The van der Waals surface area contributed by atoms with Crippen molar-refractivity contribution in [1.82, 2.24) is 5.32 Å². The summed E-state index contributed by atoms with van der Waals surface area (Å²) in [6.07, 6.45) is 3.99. The van der Waals surface area contributed by atoms with E-state index in [1.807, 2.05) is 0 Å². The lowest BCUT2D eigenvalue weighted by molar-refractivity contribution is -0.128. The van der Waals surface area contributed by atoms with Crippen LogP contribution in [0.1, 0.15) is 39.0 Å². The lowest BCUT2D eigenvalue weighted by atomic mass is 9.77. The largest absolute Gasteiger partial charge is 0.352 e. The SMILES string of the molecule is CC1CC(N)CCC1C(=O)NC1CCCS(=O)(=O)C1. The van der Waals surface area contributed by atoms with Crippen LogP contribution < -0.4 is 11.1 Å². The number of nitrogens with two attached hydrogens (primary N) is 1. The van der Waals surface area contributed by atoms with Gasteiger partial charge in [-0.2, -0.15) is 0 Å². The fraction of sp³-hybridized carbons (Fsp3) is 0.923. The van der Waals surface area contributed by atoms with Crippen molar-refractivity contribution in [2.75, 3.05) is 11.5 Å². The summed E-state index contributed by atoms with van der Waals surface area (Å²) in [5, 5.41) is 2.93. The first-order valence-electron chi connectivity index (χ1n) is 7.14. The van der Waals surface area contributed by atoms with Crippen LogP contribution >= 0.6 is 0 Å². The molecule has 0 aromatic rings. The molecule has 0 aromatic carbocycles. The number of nitrogens with one attached hydrogen (secondary N) is 1. The van der Waals surface area contributed by atoms with Crippen molar-refractivity contribution in [3.8, 4) is 0 Å². The highest BCUT2D eigenvalue weighted by atomic mass is 32.2. The molecule has 2 rings (SSSR count). The average Bonchev–Trinajstić information content (AvgIpc) is 2.27. The molecule has 1 aliphatic heterocycles. The number of carbonyl (C=O) groups excluding carboxylic acids is 1. The first-order chi connectivity index (χ1) is 8.87. The van der Waals surface area contributed by atoms with Crippen molar-refractivity contribution < 1.29 is 13.2 Å². The summed E-state index contributed by atoms with van der Waals surface area (Å²) in [6, 6.07) is 0.00292. The van der Waals surface area contributed by atoms with Crippen LogP contribution in [0.15, 0.2) is 0 Å². The van der Waals surface area contributed by atoms with Crippen molar-refractivity contribution in [3.63, 3.8) is 0 Å². The predicted molar refractivity (Wildman–Crippen MR) is 74.3 cm³/mol. The van der Waals surface area contributed by atoms with Gasteiger partial charge < -0.3 is 11.1 Å². The van der Waals surface area contributed by atoms with Crippen LogP contribution in [0.4, 0.5) is 0 Å². The van der Waals surface area contributed by atoms with Crippen molar-refractivity contribution in [2.45, 2.75) is 51.1 Å². The molecule has 0 spiro atoms. The number of amides is 1. The number of carbonyl (C=O) groups is 1. The summed E-state index contributed by atoms with van der Waals surface area (Å²) in [7, 11) is -2.97. The number of sulfone groups is 1. The Balaban J connectivity index is 1.90. The second kappa shape index (κ2) is 5.79. The zero-order chi connectivity index (χ0) is 14.0. The third kappa shape index (κ3) is 3.92. The van der Waals surface area contributed by atoms with Crippen molar-refractivity contribution in [1.29, 1.82) is 0 Å². The van der Waals surface area contributed by atoms with Gasteiger partial charge in [-0.15, -0.1) is 0 Å². The van der Waals surface area contributed by atoms with Crippen LogP contribution in [0, 0.1) is 11.8 Å². The zero-order valence-electron chi connectivity index (χ0n) is 11.5. The Morgan fingerprint density at radius 3 is 2.63 bits per heavy atom. The van der Waals surface area contributed by atoms with E-state index < -0.39 is 9.84 Å². The summed E-state index contributed by atoms with van der Waals surface area (Å²) in [5.41, 5.74) is 5.90. The molecule has 110 valence electrons. The molecule has 4 atom stereocenters. The fourth-order valence-electron chi connectivity index (χ4n) is 3.27. The highest BCUT2D eigenvalue weighted by Crippen LogP contribution is 2.29. The summed E-state index contributed by atoms with van der Waals surface area (Å²) in [5.74, 6) is 0.641. The minimum Gasteiger partial charge on any atom is -0.352 e. The smallest absolute Gasteiger partial charge is 0.223 e. The van der Waals surface area contributed by atoms with Gasteiger partial charge in [0.05, 0.1) is 11.5 Å². The minimum atomic E-state index is -2.97.